The zero-order chi connectivity index (χ0) is 14.8. The van der Waals surface area contributed by atoms with E-state index in [0.29, 0.717) is 18.7 Å². The molecule has 0 aliphatic carbocycles. The molecule has 0 aromatic heterocycles. The van der Waals surface area contributed by atoms with Crippen LogP contribution in [0.5, 0.6) is 0 Å². The van der Waals surface area contributed by atoms with E-state index in [9.17, 15) is 9.18 Å². The summed E-state index contributed by atoms with van der Waals surface area (Å²) in [6.07, 6.45) is 0.703. The van der Waals surface area contributed by atoms with Crippen molar-refractivity contribution in [2.45, 2.75) is 38.8 Å². The van der Waals surface area contributed by atoms with E-state index in [2.05, 4.69) is 10.6 Å². The van der Waals surface area contributed by atoms with Gasteiger partial charge in [-0.1, -0.05) is 6.07 Å². The number of rotatable bonds is 4. The van der Waals surface area contributed by atoms with Gasteiger partial charge in [0.1, 0.15) is 5.82 Å². The SMILES string of the molecule is CCNc1c(F)cccc1C(=O)NC1(C)CCOC1C. The molecule has 20 heavy (non-hydrogen) atoms. The molecule has 2 atom stereocenters. The lowest BCUT2D eigenvalue weighted by Gasteiger charge is -2.29. The van der Waals surface area contributed by atoms with E-state index in [-0.39, 0.29) is 17.7 Å². The average Bonchev–Trinajstić information content (AvgIpc) is 2.72. The second-order valence-corrected chi connectivity index (χ2v) is 5.33. The van der Waals surface area contributed by atoms with Gasteiger partial charge in [-0.25, -0.2) is 4.39 Å². The molecule has 1 heterocycles. The Bertz CT molecular complexity index is 507. The van der Waals surface area contributed by atoms with Gasteiger partial charge in [0.15, 0.2) is 0 Å². The van der Waals surface area contributed by atoms with Gasteiger partial charge in [-0.15, -0.1) is 0 Å². The molecule has 0 bridgehead atoms. The summed E-state index contributed by atoms with van der Waals surface area (Å²) in [7, 11) is 0. The summed E-state index contributed by atoms with van der Waals surface area (Å²) in [5.41, 5.74) is 0.169. The van der Waals surface area contributed by atoms with Crippen molar-refractivity contribution in [1.82, 2.24) is 5.32 Å². The molecular weight excluding hydrogens is 259 g/mol. The summed E-state index contributed by atoms with van der Waals surface area (Å²) >= 11 is 0. The Morgan fingerprint density at radius 1 is 1.55 bits per heavy atom. The predicted molar refractivity (Wildman–Crippen MR) is 76.5 cm³/mol. The minimum atomic E-state index is -0.416. The monoisotopic (exact) mass is 280 g/mol. The molecule has 1 amide bonds. The van der Waals surface area contributed by atoms with Crippen LogP contribution < -0.4 is 10.6 Å². The summed E-state index contributed by atoms with van der Waals surface area (Å²) in [6, 6.07) is 4.51. The van der Waals surface area contributed by atoms with Gasteiger partial charge in [-0.05, 0) is 39.3 Å². The Labute approximate surface area is 118 Å². The fraction of sp³-hybridized carbons (Fsp3) is 0.533. The lowest BCUT2D eigenvalue weighted by Crippen LogP contribution is -2.50. The van der Waals surface area contributed by atoms with Crippen LogP contribution in [0.15, 0.2) is 18.2 Å². The van der Waals surface area contributed by atoms with E-state index in [1.165, 1.54) is 6.07 Å². The number of hydrogen-bond donors (Lipinski definition) is 2. The van der Waals surface area contributed by atoms with E-state index in [4.69, 9.17) is 4.74 Å². The van der Waals surface area contributed by atoms with Crippen molar-refractivity contribution < 1.29 is 13.9 Å². The zero-order valence-corrected chi connectivity index (χ0v) is 12.1. The Hall–Kier alpha value is -1.62. The van der Waals surface area contributed by atoms with Crippen LogP contribution in [0.3, 0.4) is 0 Å². The first-order chi connectivity index (χ1) is 9.48. The minimum Gasteiger partial charge on any atom is -0.382 e. The van der Waals surface area contributed by atoms with Crippen molar-refractivity contribution >= 4 is 11.6 Å². The molecule has 0 saturated carbocycles. The van der Waals surface area contributed by atoms with Crippen molar-refractivity contribution in [3.05, 3.63) is 29.6 Å². The second-order valence-electron chi connectivity index (χ2n) is 5.33. The van der Waals surface area contributed by atoms with Crippen LogP contribution in [-0.4, -0.2) is 30.7 Å². The molecule has 0 radical (unpaired) electrons. The lowest BCUT2D eigenvalue weighted by atomic mass is 9.94. The topological polar surface area (TPSA) is 50.4 Å². The molecule has 110 valence electrons. The number of para-hydroxylation sites is 1. The highest BCUT2D eigenvalue weighted by atomic mass is 19.1. The highest BCUT2D eigenvalue weighted by Crippen LogP contribution is 2.27. The molecule has 2 N–H and O–H groups in total. The van der Waals surface area contributed by atoms with Crippen molar-refractivity contribution in [2.24, 2.45) is 0 Å². The maximum absolute atomic E-state index is 13.8. The molecule has 1 aliphatic rings. The van der Waals surface area contributed by atoms with Gasteiger partial charge < -0.3 is 15.4 Å². The van der Waals surface area contributed by atoms with Crippen molar-refractivity contribution in [3.8, 4) is 0 Å². The maximum Gasteiger partial charge on any atom is 0.254 e. The molecule has 1 aromatic rings. The summed E-state index contributed by atoms with van der Waals surface area (Å²) in [6.45, 7) is 6.93. The van der Waals surface area contributed by atoms with Crippen LogP contribution in [0.1, 0.15) is 37.6 Å². The first-order valence-electron chi connectivity index (χ1n) is 6.94. The van der Waals surface area contributed by atoms with E-state index < -0.39 is 11.4 Å². The number of hydrogen-bond acceptors (Lipinski definition) is 3. The normalized spacial score (nSPS) is 25.5. The summed E-state index contributed by atoms with van der Waals surface area (Å²) in [5, 5.41) is 5.88. The third-order valence-corrected chi connectivity index (χ3v) is 3.90. The molecule has 1 saturated heterocycles. The van der Waals surface area contributed by atoms with E-state index in [1.54, 1.807) is 12.1 Å². The van der Waals surface area contributed by atoms with Crippen LogP contribution in [0.2, 0.25) is 0 Å². The van der Waals surface area contributed by atoms with Gasteiger partial charge in [0.05, 0.1) is 22.9 Å². The summed E-state index contributed by atoms with van der Waals surface area (Å²) in [5.74, 6) is -0.694. The Balaban J connectivity index is 2.23. The third kappa shape index (κ3) is 2.77. The molecule has 2 rings (SSSR count). The van der Waals surface area contributed by atoms with Gasteiger partial charge in [0.25, 0.3) is 5.91 Å². The summed E-state index contributed by atoms with van der Waals surface area (Å²) in [4.78, 5) is 12.4. The lowest BCUT2D eigenvalue weighted by molar-refractivity contribution is 0.0728. The van der Waals surface area contributed by atoms with Crippen LogP contribution in [-0.2, 0) is 4.74 Å². The minimum absolute atomic E-state index is 0.0532. The number of ether oxygens (including phenoxy) is 1. The van der Waals surface area contributed by atoms with Gasteiger partial charge in [-0.2, -0.15) is 0 Å². The van der Waals surface area contributed by atoms with Crippen molar-refractivity contribution in [1.29, 1.82) is 0 Å². The van der Waals surface area contributed by atoms with Crippen LogP contribution in [0.25, 0.3) is 0 Å². The van der Waals surface area contributed by atoms with Crippen molar-refractivity contribution in [3.63, 3.8) is 0 Å². The van der Waals surface area contributed by atoms with Gasteiger partial charge in [0, 0.05) is 13.2 Å². The highest BCUT2D eigenvalue weighted by Gasteiger charge is 2.38. The van der Waals surface area contributed by atoms with Crippen LogP contribution in [0.4, 0.5) is 10.1 Å². The highest BCUT2D eigenvalue weighted by molar-refractivity contribution is 6.00. The number of halogens is 1. The fourth-order valence-corrected chi connectivity index (χ4v) is 2.40. The molecule has 4 nitrogen and oxygen atoms in total. The van der Waals surface area contributed by atoms with E-state index >= 15 is 0 Å². The van der Waals surface area contributed by atoms with Gasteiger partial charge >= 0.3 is 0 Å². The second kappa shape index (κ2) is 5.79. The zero-order valence-electron chi connectivity index (χ0n) is 12.1. The van der Waals surface area contributed by atoms with E-state index in [1.807, 2.05) is 20.8 Å². The third-order valence-electron chi connectivity index (χ3n) is 3.90. The molecule has 5 heteroatoms. The molecular formula is C15H21FN2O2. The fourth-order valence-electron chi connectivity index (χ4n) is 2.40. The Kier molecular flexibility index (Phi) is 4.28. The molecule has 0 spiro atoms. The Morgan fingerprint density at radius 3 is 2.90 bits per heavy atom. The van der Waals surface area contributed by atoms with Crippen LogP contribution in [0, 0.1) is 5.82 Å². The molecule has 1 aliphatic heterocycles. The number of benzene rings is 1. The quantitative estimate of drug-likeness (QED) is 0.891. The van der Waals surface area contributed by atoms with Gasteiger partial charge in [-0.3, -0.25) is 4.79 Å². The first-order valence-corrected chi connectivity index (χ1v) is 6.94. The maximum atomic E-state index is 13.8. The number of carbonyl (C=O) groups is 1. The molecule has 2 unspecified atom stereocenters. The molecule has 1 fully saturated rings. The smallest absolute Gasteiger partial charge is 0.254 e. The van der Waals surface area contributed by atoms with Crippen LogP contribution >= 0.6 is 0 Å². The average molecular weight is 280 g/mol. The number of amides is 1. The largest absolute Gasteiger partial charge is 0.382 e. The predicted octanol–water partition coefficient (Wildman–Crippen LogP) is 2.55. The molecule has 1 aromatic carbocycles. The van der Waals surface area contributed by atoms with Crippen molar-refractivity contribution in [2.75, 3.05) is 18.5 Å². The van der Waals surface area contributed by atoms with E-state index in [0.717, 1.165) is 6.42 Å². The van der Waals surface area contributed by atoms with Gasteiger partial charge in [0.2, 0.25) is 0 Å². The first kappa shape index (κ1) is 14.8. The number of anilines is 1. The summed E-state index contributed by atoms with van der Waals surface area (Å²) < 4.78 is 19.3. The number of carbonyl (C=O) groups excluding carboxylic acids is 1. The standard InChI is InChI=1S/C15H21FN2O2/c1-4-17-13-11(6-5-7-12(13)16)14(19)18-15(3)8-9-20-10(15)2/h5-7,10,17H,4,8-9H2,1-3H3,(H,18,19). The Morgan fingerprint density at radius 2 is 2.30 bits per heavy atom. The number of nitrogens with one attached hydrogen (secondary N) is 2.